The first-order chi connectivity index (χ1) is 7.45. The third kappa shape index (κ3) is 1.31. The van der Waals surface area contributed by atoms with E-state index in [0.29, 0.717) is 0 Å². The number of allylic oxidation sites excluding steroid dienone is 1. The molecule has 2 nitrogen and oxygen atoms in total. The van der Waals surface area contributed by atoms with E-state index >= 15 is 0 Å². The minimum atomic E-state index is 1.14. The SMILES string of the molecule is C1=C/c2[nH]c3ccccc3c2\C=C/N=C\1. The Hall–Kier alpha value is -2.09. The van der Waals surface area contributed by atoms with Crippen molar-refractivity contribution in [2.75, 3.05) is 0 Å². The minimum absolute atomic E-state index is 1.14. The summed E-state index contributed by atoms with van der Waals surface area (Å²) >= 11 is 0. The molecule has 0 saturated carbocycles. The van der Waals surface area contributed by atoms with Gasteiger partial charge in [-0.3, -0.25) is 4.99 Å². The van der Waals surface area contributed by atoms with Crippen molar-refractivity contribution in [1.29, 1.82) is 0 Å². The van der Waals surface area contributed by atoms with Gasteiger partial charge >= 0.3 is 0 Å². The zero-order valence-corrected chi connectivity index (χ0v) is 8.14. The van der Waals surface area contributed by atoms with Crippen LogP contribution in [0, 0.1) is 0 Å². The van der Waals surface area contributed by atoms with E-state index in [4.69, 9.17) is 0 Å². The number of aliphatic imine (C=N–C) groups is 1. The third-order valence-corrected chi connectivity index (χ3v) is 2.54. The van der Waals surface area contributed by atoms with Crippen molar-refractivity contribution in [3.63, 3.8) is 0 Å². The van der Waals surface area contributed by atoms with Gasteiger partial charge in [0.1, 0.15) is 0 Å². The predicted octanol–water partition coefficient (Wildman–Crippen LogP) is 3.24. The van der Waals surface area contributed by atoms with Gasteiger partial charge in [0.25, 0.3) is 0 Å². The summed E-state index contributed by atoms with van der Waals surface area (Å²) in [7, 11) is 0. The normalized spacial score (nSPS) is 20.3. The van der Waals surface area contributed by atoms with Gasteiger partial charge in [-0.15, -0.1) is 0 Å². The van der Waals surface area contributed by atoms with Gasteiger partial charge in [0, 0.05) is 34.6 Å². The number of hydrogen-bond donors (Lipinski definition) is 1. The van der Waals surface area contributed by atoms with E-state index in [1.54, 1.807) is 6.21 Å². The maximum Gasteiger partial charge on any atom is 0.0465 e. The molecule has 0 spiro atoms. The molecule has 0 amide bonds. The molecular formula is C13H10N2. The lowest BCUT2D eigenvalue weighted by Gasteiger charge is -1.94. The summed E-state index contributed by atoms with van der Waals surface area (Å²) in [5, 5.41) is 1.24. The number of aromatic amines is 1. The number of nitrogens with one attached hydrogen (secondary N) is 1. The Bertz CT molecular complexity index is 586. The Morgan fingerprint density at radius 2 is 2.00 bits per heavy atom. The minimum Gasteiger partial charge on any atom is -0.355 e. The molecule has 1 N–H and O–H groups in total. The maximum absolute atomic E-state index is 4.11. The summed E-state index contributed by atoms with van der Waals surface area (Å²) in [6.07, 6.45) is 9.63. The van der Waals surface area contributed by atoms with E-state index in [1.165, 1.54) is 16.5 Å². The van der Waals surface area contributed by atoms with Gasteiger partial charge in [-0.05, 0) is 24.3 Å². The quantitative estimate of drug-likeness (QED) is 0.667. The second-order valence-electron chi connectivity index (χ2n) is 3.47. The van der Waals surface area contributed by atoms with Gasteiger partial charge in [-0.1, -0.05) is 18.2 Å². The molecule has 1 aliphatic rings. The standard InChI is InChI=1S/C13H10N2/c1-2-5-12-10(4-1)11-7-9-14-8-3-6-13(11)15-12/h1-9,15H/b6-3-,8-3?,9-7-,11-7?,13-6?,14-8-,14-9?. The van der Waals surface area contributed by atoms with Crippen molar-refractivity contribution in [1.82, 2.24) is 4.98 Å². The summed E-state index contributed by atoms with van der Waals surface area (Å²) in [6.45, 7) is 0. The van der Waals surface area contributed by atoms with Crippen LogP contribution in [0.2, 0.25) is 0 Å². The molecule has 2 heteroatoms. The van der Waals surface area contributed by atoms with E-state index in [2.05, 4.69) is 28.2 Å². The smallest absolute Gasteiger partial charge is 0.0465 e. The van der Waals surface area contributed by atoms with E-state index < -0.39 is 0 Å². The number of aromatic nitrogens is 1. The molecule has 72 valence electrons. The van der Waals surface area contributed by atoms with Crippen LogP contribution in [-0.4, -0.2) is 11.2 Å². The van der Waals surface area contributed by atoms with Crippen LogP contribution in [0.3, 0.4) is 0 Å². The molecule has 0 saturated heterocycles. The number of para-hydroxylation sites is 1. The average Bonchev–Trinajstić information content (AvgIpc) is 2.55. The molecule has 0 bridgehead atoms. The molecule has 15 heavy (non-hydrogen) atoms. The van der Waals surface area contributed by atoms with Crippen molar-refractivity contribution in [3.8, 4) is 0 Å². The lowest BCUT2D eigenvalue weighted by atomic mass is 10.1. The first-order valence-electron chi connectivity index (χ1n) is 4.92. The maximum atomic E-state index is 4.11. The van der Waals surface area contributed by atoms with Crippen LogP contribution in [0.25, 0.3) is 23.1 Å². The number of nitrogens with zero attached hydrogens (tertiary/aromatic N) is 1. The van der Waals surface area contributed by atoms with Crippen molar-refractivity contribution in [3.05, 3.63) is 47.8 Å². The van der Waals surface area contributed by atoms with E-state index in [1.807, 2.05) is 30.5 Å². The Labute approximate surface area is 87.7 Å². The molecule has 0 fully saturated rings. The molecule has 0 radical (unpaired) electrons. The van der Waals surface area contributed by atoms with Crippen LogP contribution in [-0.2, 0) is 0 Å². The molecule has 1 aliphatic heterocycles. The molecule has 0 atom stereocenters. The highest BCUT2D eigenvalue weighted by atomic mass is 14.7. The lowest BCUT2D eigenvalue weighted by molar-refractivity contribution is 1.42. The number of fused-ring (bicyclic) bond motifs is 3. The fourth-order valence-electron chi connectivity index (χ4n) is 1.85. The fraction of sp³-hybridized carbons (Fsp3) is 0. The fourth-order valence-corrected chi connectivity index (χ4v) is 1.85. The van der Waals surface area contributed by atoms with Gasteiger partial charge in [0.05, 0.1) is 0 Å². The highest BCUT2D eigenvalue weighted by Crippen LogP contribution is 2.25. The van der Waals surface area contributed by atoms with Gasteiger partial charge in [0.2, 0.25) is 0 Å². The number of rotatable bonds is 0. The lowest BCUT2D eigenvalue weighted by Crippen LogP contribution is -1.78. The predicted molar refractivity (Wildman–Crippen MR) is 64.9 cm³/mol. The summed E-state index contributed by atoms with van der Waals surface area (Å²) in [6, 6.07) is 8.29. The molecule has 1 aromatic carbocycles. The summed E-state index contributed by atoms with van der Waals surface area (Å²) < 4.78 is 0. The van der Waals surface area contributed by atoms with Crippen LogP contribution < -0.4 is 0 Å². The van der Waals surface area contributed by atoms with E-state index in [9.17, 15) is 0 Å². The highest BCUT2D eigenvalue weighted by molar-refractivity contribution is 5.95. The Morgan fingerprint density at radius 3 is 3.00 bits per heavy atom. The molecule has 1 aromatic heterocycles. The highest BCUT2D eigenvalue weighted by Gasteiger charge is 2.05. The molecule has 2 aromatic rings. The largest absolute Gasteiger partial charge is 0.355 e. The monoisotopic (exact) mass is 194 g/mol. The Morgan fingerprint density at radius 1 is 1.07 bits per heavy atom. The molecule has 0 aliphatic carbocycles. The van der Waals surface area contributed by atoms with Crippen molar-refractivity contribution in [2.45, 2.75) is 0 Å². The zero-order chi connectivity index (χ0) is 10.1. The van der Waals surface area contributed by atoms with Gasteiger partial charge < -0.3 is 4.98 Å². The van der Waals surface area contributed by atoms with Gasteiger partial charge in [0.15, 0.2) is 0 Å². The van der Waals surface area contributed by atoms with Crippen molar-refractivity contribution >= 4 is 29.3 Å². The summed E-state index contributed by atoms with van der Waals surface area (Å²) in [5.41, 5.74) is 3.51. The van der Waals surface area contributed by atoms with E-state index in [-0.39, 0.29) is 0 Å². The van der Waals surface area contributed by atoms with Gasteiger partial charge in [-0.2, -0.15) is 0 Å². The number of hydrogen-bond acceptors (Lipinski definition) is 1. The van der Waals surface area contributed by atoms with Crippen LogP contribution in [0.1, 0.15) is 11.3 Å². The molecule has 2 heterocycles. The molecule has 3 rings (SSSR count). The summed E-state index contributed by atoms with van der Waals surface area (Å²) in [4.78, 5) is 7.49. The van der Waals surface area contributed by atoms with Crippen LogP contribution >= 0.6 is 0 Å². The topological polar surface area (TPSA) is 28.1 Å². The van der Waals surface area contributed by atoms with E-state index in [0.717, 1.165) is 5.69 Å². The third-order valence-electron chi connectivity index (χ3n) is 2.54. The zero-order valence-electron chi connectivity index (χ0n) is 8.14. The Kier molecular flexibility index (Phi) is 1.78. The summed E-state index contributed by atoms with van der Waals surface area (Å²) in [5.74, 6) is 0. The Balaban J connectivity index is 2.36. The van der Waals surface area contributed by atoms with Crippen LogP contribution in [0.5, 0.6) is 0 Å². The van der Waals surface area contributed by atoms with Crippen molar-refractivity contribution in [2.24, 2.45) is 4.99 Å². The second-order valence-corrected chi connectivity index (χ2v) is 3.47. The second kappa shape index (κ2) is 3.24. The number of H-pyrrole nitrogens is 1. The van der Waals surface area contributed by atoms with Crippen LogP contribution in [0.15, 0.2) is 41.5 Å². The average molecular weight is 194 g/mol. The first kappa shape index (κ1) is 8.24. The van der Waals surface area contributed by atoms with Gasteiger partial charge in [-0.25, -0.2) is 0 Å². The first-order valence-corrected chi connectivity index (χ1v) is 4.92. The molecular weight excluding hydrogens is 184 g/mol. The van der Waals surface area contributed by atoms with Crippen molar-refractivity contribution < 1.29 is 0 Å². The van der Waals surface area contributed by atoms with Crippen LogP contribution in [0.4, 0.5) is 0 Å². The molecule has 0 unspecified atom stereocenters. The number of benzene rings is 1.